The van der Waals surface area contributed by atoms with Crippen molar-refractivity contribution >= 4 is 5.91 Å². The lowest BCUT2D eigenvalue weighted by atomic mass is 9.82. The van der Waals surface area contributed by atoms with E-state index >= 15 is 0 Å². The van der Waals surface area contributed by atoms with Gasteiger partial charge in [-0.2, -0.15) is 0 Å². The first-order chi connectivity index (χ1) is 12.5. The van der Waals surface area contributed by atoms with Crippen molar-refractivity contribution in [2.24, 2.45) is 5.92 Å². The maximum Gasteiger partial charge on any atom is 0.258 e. The maximum atomic E-state index is 13.0. The van der Waals surface area contributed by atoms with Crippen LogP contribution >= 0.6 is 0 Å². The predicted molar refractivity (Wildman–Crippen MR) is 97.7 cm³/mol. The van der Waals surface area contributed by atoms with Crippen LogP contribution in [-0.2, 0) is 11.3 Å². The van der Waals surface area contributed by atoms with Gasteiger partial charge in [0.1, 0.15) is 6.33 Å². The van der Waals surface area contributed by atoms with E-state index < -0.39 is 0 Å². The van der Waals surface area contributed by atoms with E-state index in [9.17, 15) is 9.59 Å². The summed E-state index contributed by atoms with van der Waals surface area (Å²) in [4.78, 5) is 37.4. The van der Waals surface area contributed by atoms with Crippen LogP contribution in [0.15, 0.2) is 35.6 Å². The molecule has 2 atom stereocenters. The van der Waals surface area contributed by atoms with Crippen LogP contribution in [0.2, 0.25) is 0 Å². The molecule has 0 spiro atoms. The minimum atomic E-state index is 0.0140. The first-order valence-electron chi connectivity index (χ1n) is 8.94. The summed E-state index contributed by atoms with van der Waals surface area (Å²) in [6.07, 6.45) is 5.84. The van der Waals surface area contributed by atoms with Gasteiger partial charge < -0.3 is 14.4 Å². The first-order valence-corrected chi connectivity index (χ1v) is 8.94. The van der Waals surface area contributed by atoms with Gasteiger partial charge in [-0.1, -0.05) is 0 Å². The Balaban J connectivity index is 1.65. The number of piperidine rings is 1. The third-order valence-electron chi connectivity index (χ3n) is 5.28. The first kappa shape index (κ1) is 16.9. The Kier molecular flexibility index (Phi) is 4.32. The zero-order valence-corrected chi connectivity index (χ0v) is 15.1. The minimum Gasteiger partial charge on any atom is -0.341 e. The average molecular weight is 353 g/mol. The Bertz CT molecular complexity index is 877. The molecule has 1 saturated heterocycles. The average Bonchev–Trinajstić information content (AvgIpc) is 2.62. The van der Waals surface area contributed by atoms with Gasteiger partial charge in [0.25, 0.3) is 5.56 Å². The van der Waals surface area contributed by atoms with Crippen LogP contribution in [0.5, 0.6) is 0 Å². The highest BCUT2D eigenvalue weighted by atomic mass is 16.2. The molecular formula is C19H23N5O2. The molecule has 1 fully saturated rings. The molecule has 136 valence electrons. The fourth-order valence-corrected chi connectivity index (χ4v) is 4.18. The summed E-state index contributed by atoms with van der Waals surface area (Å²) in [5, 5.41) is 0. The monoisotopic (exact) mass is 353 g/mol. The summed E-state index contributed by atoms with van der Waals surface area (Å²) < 4.78 is 1.90. The third-order valence-corrected chi connectivity index (χ3v) is 5.28. The Hall–Kier alpha value is -2.54. The van der Waals surface area contributed by atoms with Crippen molar-refractivity contribution in [1.82, 2.24) is 24.3 Å². The van der Waals surface area contributed by atoms with E-state index in [0.717, 1.165) is 24.2 Å². The van der Waals surface area contributed by atoms with Gasteiger partial charge in [-0.05, 0) is 38.6 Å². The molecule has 26 heavy (non-hydrogen) atoms. The number of amides is 1. The number of aromatic nitrogens is 3. The van der Waals surface area contributed by atoms with Crippen molar-refractivity contribution in [1.29, 1.82) is 0 Å². The van der Waals surface area contributed by atoms with Crippen LogP contribution in [0.4, 0.5) is 0 Å². The molecule has 2 aromatic heterocycles. The number of hydrogen-bond donors (Lipinski definition) is 0. The van der Waals surface area contributed by atoms with Gasteiger partial charge in [0.15, 0.2) is 0 Å². The molecule has 4 rings (SSSR count). The highest BCUT2D eigenvalue weighted by molar-refractivity contribution is 5.78. The Labute approximate surface area is 152 Å². The van der Waals surface area contributed by atoms with Crippen LogP contribution < -0.4 is 5.56 Å². The van der Waals surface area contributed by atoms with Gasteiger partial charge in [-0.3, -0.25) is 9.59 Å². The van der Waals surface area contributed by atoms with E-state index in [-0.39, 0.29) is 17.4 Å². The molecule has 2 bridgehead atoms. The number of nitrogens with zero attached hydrogens (tertiary/aromatic N) is 5. The standard InChI is InChI=1S/C19H23N5O2/c1-22(2)11-18(25)23-8-13-5-14(10-23)17-4-3-16(19(26)24(17)9-13)15-6-20-12-21-7-15/h3-4,6-7,12-14H,5,8-11H2,1-2H3/t13-,14-/m1/s1. The SMILES string of the molecule is CN(C)CC(=O)N1C[C@H]2C[C@H](C1)c1ccc(-c3cncnc3)c(=O)n1C2. The molecule has 7 nitrogen and oxygen atoms in total. The van der Waals surface area contributed by atoms with Crippen LogP contribution in [0.25, 0.3) is 11.1 Å². The maximum absolute atomic E-state index is 13.0. The Morgan fingerprint density at radius 2 is 1.96 bits per heavy atom. The Morgan fingerprint density at radius 1 is 1.19 bits per heavy atom. The Morgan fingerprint density at radius 3 is 2.69 bits per heavy atom. The predicted octanol–water partition coefficient (Wildman–Crippen LogP) is 0.813. The van der Waals surface area contributed by atoms with Crippen molar-refractivity contribution in [2.75, 3.05) is 33.7 Å². The van der Waals surface area contributed by atoms with Crippen molar-refractivity contribution in [3.05, 3.63) is 46.9 Å². The molecule has 0 aliphatic carbocycles. The van der Waals surface area contributed by atoms with Crippen molar-refractivity contribution in [3.8, 4) is 11.1 Å². The second kappa shape index (κ2) is 6.64. The molecule has 2 aliphatic rings. The molecule has 0 radical (unpaired) electrons. The molecular weight excluding hydrogens is 330 g/mol. The molecule has 2 aliphatic heterocycles. The second-order valence-corrected chi connectivity index (χ2v) is 7.55. The van der Waals surface area contributed by atoms with E-state index in [2.05, 4.69) is 9.97 Å². The lowest BCUT2D eigenvalue weighted by Gasteiger charge is -2.43. The van der Waals surface area contributed by atoms with Gasteiger partial charge in [0.05, 0.1) is 12.1 Å². The number of rotatable bonds is 3. The summed E-state index contributed by atoms with van der Waals surface area (Å²) in [6, 6.07) is 3.90. The number of likely N-dealkylation sites (N-methyl/N-ethyl adjacent to an activating group) is 1. The normalized spacial score (nSPS) is 21.6. The summed E-state index contributed by atoms with van der Waals surface area (Å²) in [7, 11) is 3.82. The number of fused-ring (bicyclic) bond motifs is 4. The summed E-state index contributed by atoms with van der Waals surface area (Å²) in [6.45, 7) is 2.52. The lowest BCUT2D eigenvalue weighted by molar-refractivity contribution is -0.134. The van der Waals surface area contributed by atoms with Crippen molar-refractivity contribution < 1.29 is 4.79 Å². The fraction of sp³-hybridized carbons (Fsp3) is 0.474. The quantitative estimate of drug-likeness (QED) is 0.817. The van der Waals surface area contributed by atoms with Crippen LogP contribution in [-0.4, -0.2) is 64.0 Å². The fourth-order valence-electron chi connectivity index (χ4n) is 4.18. The lowest BCUT2D eigenvalue weighted by Crippen LogP contribution is -2.51. The minimum absolute atomic E-state index is 0.0140. The van der Waals surface area contributed by atoms with Crippen LogP contribution in [0, 0.1) is 5.92 Å². The number of likely N-dealkylation sites (tertiary alicyclic amines) is 1. The zero-order valence-electron chi connectivity index (χ0n) is 15.1. The highest BCUT2D eigenvalue weighted by Crippen LogP contribution is 2.35. The molecule has 0 N–H and O–H groups in total. The molecule has 0 aromatic carbocycles. The van der Waals surface area contributed by atoms with Crippen LogP contribution in [0.1, 0.15) is 18.0 Å². The molecule has 2 aromatic rings. The molecule has 0 saturated carbocycles. The van der Waals surface area contributed by atoms with Gasteiger partial charge >= 0.3 is 0 Å². The van der Waals surface area contributed by atoms with E-state index in [0.29, 0.717) is 31.1 Å². The van der Waals surface area contributed by atoms with Gasteiger partial charge in [0, 0.05) is 49.2 Å². The van der Waals surface area contributed by atoms with Crippen molar-refractivity contribution in [3.63, 3.8) is 0 Å². The highest BCUT2D eigenvalue weighted by Gasteiger charge is 2.36. The largest absolute Gasteiger partial charge is 0.341 e. The van der Waals surface area contributed by atoms with Gasteiger partial charge in [-0.25, -0.2) is 9.97 Å². The van der Waals surface area contributed by atoms with Crippen LogP contribution in [0.3, 0.4) is 0 Å². The smallest absolute Gasteiger partial charge is 0.258 e. The van der Waals surface area contributed by atoms with E-state index in [4.69, 9.17) is 0 Å². The summed E-state index contributed by atoms with van der Waals surface area (Å²) in [5.41, 5.74) is 2.43. The summed E-state index contributed by atoms with van der Waals surface area (Å²) in [5.74, 6) is 0.716. The number of pyridine rings is 1. The molecule has 4 heterocycles. The molecule has 1 amide bonds. The van der Waals surface area contributed by atoms with Crippen molar-refractivity contribution in [2.45, 2.75) is 18.9 Å². The number of carbonyl (C=O) groups excluding carboxylic acids is 1. The second-order valence-electron chi connectivity index (χ2n) is 7.55. The molecule has 0 unspecified atom stereocenters. The van der Waals surface area contributed by atoms with Gasteiger partial charge in [-0.15, -0.1) is 0 Å². The zero-order chi connectivity index (χ0) is 18.3. The molecule has 7 heteroatoms. The van der Waals surface area contributed by atoms with E-state index in [1.54, 1.807) is 12.4 Å². The number of hydrogen-bond acceptors (Lipinski definition) is 5. The van der Waals surface area contributed by atoms with E-state index in [1.807, 2.05) is 40.6 Å². The summed E-state index contributed by atoms with van der Waals surface area (Å²) >= 11 is 0. The van der Waals surface area contributed by atoms with Gasteiger partial charge in [0.2, 0.25) is 5.91 Å². The van der Waals surface area contributed by atoms with E-state index in [1.165, 1.54) is 6.33 Å². The topological polar surface area (TPSA) is 71.3 Å². The number of carbonyl (C=O) groups is 1. The third kappa shape index (κ3) is 3.03.